The van der Waals surface area contributed by atoms with Crippen LogP contribution >= 0.6 is 0 Å². The molecule has 7 nitrogen and oxygen atoms in total. The average Bonchev–Trinajstić information content (AvgIpc) is 2.66. The Labute approximate surface area is 152 Å². The second kappa shape index (κ2) is 8.47. The van der Waals surface area contributed by atoms with Gasteiger partial charge in [0.2, 0.25) is 15.9 Å². The highest BCUT2D eigenvalue weighted by molar-refractivity contribution is 7.89. The highest BCUT2D eigenvalue weighted by Gasteiger charge is 2.17. The summed E-state index contributed by atoms with van der Waals surface area (Å²) in [4.78, 5) is 13.6. The molecule has 1 amide bonds. The third-order valence-corrected chi connectivity index (χ3v) is 5.10. The van der Waals surface area contributed by atoms with E-state index in [1.807, 2.05) is 24.3 Å². The van der Waals surface area contributed by atoms with E-state index in [-0.39, 0.29) is 17.3 Å². The van der Waals surface area contributed by atoms with E-state index in [0.717, 1.165) is 5.56 Å². The molecule has 26 heavy (non-hydrogen) atoms. The van der Waals surface area contributed by atoms with E-state index in [1.54, 1.807) is 20.2 Å². The molecule has 0 aliphatic carbocycles. The van der Waals surface area contributed by atoms with Gasteiger partial charge >= 0.3 is 0 Å². The lowest BCUT2D eigenvalue weighted by atomic mass is 10.2. The van der Waals surface area contributed by atoms with Gasteiger partial charge in [-0.2, -0.15) is 5.26 Å². The van der Waals surface area contributed by atoms with Gasteiger partial charge in [0.1, 0.15) is 5.75 Å². The van der Waals surface area contributed by atoms with Gasteiger partial charge in [0.15, 0.2) is 0 Å². The minimum atomic E-state index is -3.82. The Morgan fingerprint density at radius 2 is 1.92 bits per heavy atom. The quantitative estimate of drug-likeness (QED) is 0.793. The monoisotopic (exact) mass is 373 g/mol. The maximum atomic E-state index is 12.2. The topological polar surface area (TPSA) is 99.5 Å². The molecule has 0 radical (unpaired) electrons. The number of nitrogens with one attached hydrogen (secondary N) is 1. The zero-order valence-electron chi connectivity index (χ0n) is 14.5. The molecule has 0 aromatic heterocycles. The van der Waals surface area contributed by atoms with Crippen molar-refractivity contribution in [2.75, 3.05) is 20.7 Å². The van der Waals surface area contributed by atoms with Gasteiger partial charge in [0, 0.05) is 13.6 Å². The lowest BCUT2D eigenvalue weighted by Crippen LogP contribution is -2.37. The molecule has 0 atom stereocenters. The summed E-state index contributed by atoms with van der Waals surface area (Å²) >= 11 is 0. The number of amides is 1. The molecule has 2 aromatic carbocycles. The smallest absolute Gasteiger partial charge is 0.241 e. The summed E-state index contributed by atoms with van der Waals surface area (Å²) in [5.41, 5.74) is 1.23. The minimum Gasteiger partial charge on any atom is -0.497 e. The highest BCUT2D eigenvalue weighted by atomic mass is 32.2. The summed E-state index contributed by atoms with van der Waals surface area (Å²) in [6.07, 6.45) is 0. The summed E-state index contributed by atoms with van der Waals surface area (Å²) in [7, 11) is -0.668. The van der Waals surface area contributed by atoms with E-state index in [0.29, 0.717) is 17.9 Å². The van der Waals surface area contributed by atoms with Crippen molar-refractivity contribution in [3.63, 3.8) is 0 Å². The fourth-order valence-corrected chi connectivity index (χ4v) is 3.19. The number of hydrogen-bond donors (Lipinski definition) is 1. The predicted octanol–water partition coefficient (Wildman–Crippen LogP) is 1.50. The first-order valence-corrected chi connectivity index (χ1v) is 9.21. The molecule has 0 saturated heterocycles. The summed E-state index contributed by atoms with van der Waals surface area (Å²) in [6, 6.07) is 14.7. The number of sulfonamides is 1. The number of hydrogen-bond acceptors (Lipinski definition) is 5. The van der Waals surface area contributed by atoms with Crippen molar-refractivity contribution in [3.8, 4) is 11.8 Å². The third kappa shape index (κ3) is 5.05. The van der Waals surface area contributed by atoms with Crippen LogP contribution in [0.3, 0.4) is 0 Å². The van der Waals surface area contributed by atoms with Crippen LogP contribution in [0.1, 0.15) is 11.1 Å². The van der Waals surface area contributed by atoms with Gasteiger partial charge in [-0.05, 0) is 42.0 Å². The molecule has 2 aromatic rings. The number of carbonyl (C=O) groups excluding carboxylic acids is 1. The predicted molar refractivity (Wildman–Crippen MR) is 95.8 cm³/mol. The van der Waals surface area contributed by atoms with E-state index < -0.39 is 10.0 Å². The van der Waals surface area contributed by atoms with Crippen LogP contribution in [-0.4, -0.2) is 39.9 Å². The number of rotatable bonds is 7. The lowest BCUT2D eigenvalue weighted by Gasteiger charge is -2.18. The molecule has 136 valence electrons. The minimum absolute atomic E-state index is 0.000233. The molecule has 1 N–H and O–H groups in total. The molecular formula is C18H19N3O4S. The van der Waals surface area contributed by atoms with E-state index in [9.17, 15) is 13.2 Å². The zero-order chi connectivity index (χ0) is 19.2. The van der Waals surface area contributed by atoms with Gasteiger partial charge in [-0.25, -0.2) is 13.1 Å². The number of carbonyl (C=O) groups is 1. The van der Waals surface area contributed by atoms with Gasteiger partial charge in [-0.3, -0.25) is 4.79 Å². The van der Waals surface area contributed by atoms with Crippen molar-refractivity contribution in [2.24, 2.45) is 0 Å². The molecule has 8 heteroatoms. The summed E-state index contributed by atoms with van der Waals surface area (Å²) in [5, 5.41) is 8.75. The number of benzene rings is 2. The molecule has 0 unspecified atom stereocenters. The van der Waals surface area contributed by atoms with Crippen LogP contribution in [0.25, 0.3) is 0 Å². The van der Waals surface area contributed by atoms with Crippen molar-refractivity contribution in [3.05, 3.63) is 59.7 Å². The van der Waals surface area contributed by atoms with Gasteiger partial charge in [0.05, 0.1) is 30.2 Å². The maximum absolute atomic E-state index is 12.2. The van der Waals surface area contributed by atoms with Gasteiger partial charge < -0.3 is 9.64 Å². The molecule has 0 fully saturated rings. The Balaban J connectivity index is 1.96. The number of likely N-dealkylation sites (N-methyl/N-ethyl adjacent to an activating group) is 1. The Morgan fingerprint density at radius 1 is 1.23 bits per heavy atom. The van der Waals surface area contributed by atoms with Crippen molar-refractivity contribution in [1.82, 2.24) is 9.62 Å². The number of nitrogens with zero attached hydrogens (tertiary/aromatic N) is 2. The molecule has 0 aliphatic heterocycles. The summed E-state index contributed by atoms with van der Waals surface area (Å²) in [5.74, 6) is 0.315. The van der Waals surface area contributed by atoms with E-state index >= 15 is 0 Å². The van der Waals surface area contributed by atoms with Gasteiger partial charge in [-0.15, -0.1) is 0 Å². The van der Waals surface area contributed by atoms with Crippen LogP contribution in [0.15, 0.2) is 53.4 Å². The molecule has 0 aliphatic rings. The lowest BCUT2D eigenvalue weighted by molar-refractivity contribution is -0.129. The van der Waals surface area contributed by atoms with Gasteiger partial charge in [0.25, 0.3) is 0 Å². The molecule has 0 spiro atoms. The van der Waals surface area contributed by atoms with Gasteiger partial charge in [-0.1, -0.05) is 12.1 Å². The molecule has 0 bridgehead atoms. The molecule has 0 heterocycles. The number of methoxy groups -OCH3 is 1. The first kappa shape index (κ1) is 19.4. The zero-order valence-corrected chi connectivity index (χ0v) is 15.3. The van der Waals surface area contributed by atoms with Crippen molar-refractivity contribution in [1.29, 1.82) is 5.26 Å². The largest absolute Gasteiger partial charge is 0.497 e. The summed E-state index contributed by atoms with van der Waals surface area (Å²) < 4.78 is 31.9. The number of ether oxygens (including phenoxy) is 1. The Hall–Kier alpha value is -2.89. The Kier molecular flexibility index (Phi) is 6.33. The fraction of sp³-hybridized carbons (Fsp3) is 0.222. The maximum Gasteiger partial charge on any atom is 0.241 e. The second-order valence-electron chi connectivity index (χ2n) is 5.56. The number of nitriles is 1. The van der Waals surface area contributed by atoms with Crippen LogP contribution in [0.4, 0.5) is 0 Å². The van der Waals surface area contributed by atoms with E-state index in [1.165, 1.54) is 29.2 Å². The average molecular weight is 373 g/mol. The van der Waals surface area contributed by atoms with Crippen LogP contribution in [0, 0.1) is 11.3 Å². The van der Waals surface area contributed by atoms with E-state index in [4.69, 9.17) is 10.00 Å². The fourth-order valence-electron chi connectivity index (χ4n) is 2.22. The summed E-state index contributed by atoms with van der Waals surface area (Å²) in [6.45, 7) is -0.0303. The first-order valence-electron chi connectivity index (χ1n) is 7.72. The normalized spacial score (nSPS) is 10.8. The van der Waals surface area contributed by atoms with Crippen LogP contribution in [-0.2, 0) is 21.4 Å². The van der Waals surface area contributed by atoms with Crippen LogP contribution in [0.5, 0.6) is 5.75 Å². The van der Waals surface area contributed by atoms with Crippen LogP contribution < -0.4 is 9.46 Å². The van der Waals surface area contributed by atoms with Crippen molar-refractivity contribution in [2.45, 2.75) is 11.4 Å². The standard InChI is InChI=1S/C18H19N3O4S/c1-21(13-15-4-3-5-16(10-15)25-2)18(22)12-20-26(23,24)17-8-6-14(11-19)7-9-17/h3-10,20H,12-13H2,1-2H3. The third-order valence-electron chi connectivity index (χ3n) is 3.69. The molecule has 2 rings (SSSR count). The van der Waals surface area contributed by atoms with Crippen molar-refractivity contribution < 1.29 is 17.9 Å². The Morgan fingerprint density at radius 3 is 2.54 bits per heavy atom. The SMILES string of the molecule is COc1cccc(CN(C)C(=O)CNS(=O)(=O)c2ccc(C#N)cc2)c1. The first-order chi connectivity index (χ1) is 12.4. The second-order valence-corrected chi connectivity index (χ2v) is 7.33. The Bertz CT molecular complexity index is 918. The molecule has 0 saturated carbocycles. The van der Waals surface area contributed by atoms with Crippen LogP contribution in [0.2, 0.25) is 0 Å². The molecular weight excluding hydrogens is 354 g/mol. The highest BCUT2D eigenvalue weighted by Crippen LogP contribution is 2.14. The van der Waals surface area contributed by atoms with E-state index in [2.05, 4.69) is 4.72 Å². The van der Waals surface area contributed by atoms with Crippen molar-refractivity contribution >= 4 is 15.9 Å².